The average molecular weight is 187 g/mol. The van der Waals surface area contributed by atoms with E-state index in [4.69, 9.17) is 5.73 Å². The Morgan fingerprint density at radius 3 is 2.31 bits per heavy atom. The summed E-state index contributed by atoms with van der Waals surface area (Å²) < 4.78 is 4.53. The zero-order valence-electron chi connectivity index (χ0n) is 8.88. The fourth-order valence-electron chi connectivity index (χ4n) is 1.19. The van der Waals surface area contributed by atoms with Gasteiger partial charge in [-0.2, -0.15) is 0 Å². The molecule has 0 spiro atoms. The molecule has 0 bridgehead atoms. The van der Waals surface area contributed by atoms with Gasteiger partial charge in [0.1, 0.15) is 6.04 Å². The summed E-state index contributed by atoms with van der Waals surface area (Å²) in [4.78, 5) is 10.9. The molecule has 78 valence electrons. The Hall–Kier alpha value is -0.570. The van der Waals surface area contributed by atoms with Gasteiger partial charge in [0.25, 0.3) is 0 Å². The minimum Gasteiger partial charge on any atom is -0.468 e. The molecule has 1 unspecified atom stereocenters. The first-order chi connectivity index (χ1) is 6.07. The summed E-state index contributed by atoms with van der Waals surface area (Å²) in [6.07, 6.45) is 4.09. The third-order valence-electron chi connectivity index (χ3n) is 2.05. The van der Waals surface area contributed by atoms with Crippen LogP contribution in [0, 0.1) is 5.92 Å². The maximum absolute atomic E-state index is 10.9. The molecular weight excluding hydrogens is 166 g/mol. The Morgan fingerprint density at radius 1 is 1.31 bits per heavy atom. The predicted octanol–water partition coefficient (Wildman–Crippen LogP) is 1.70. The monoisotopic (exact) mass is 187 g/mol. The Kier molecular flexibility index (Phi) is 6.59. The minimum absolute atomic E-state index is 0.301. The number of carbonyl (C=O) groups excluding carboxylic acids is 1. The van der Waals surface area contributed by atoms with Gasteiger partial charge in [0.05, 0.1) is 7.11 Å². The van der Waals surface area contributed by atoms with Gasteiger partial charge in [0.2, 0.25) is 0 Å². The third kappa shape index (κ3) is 6.58. The quantitative estimate of drug-likeness (QED) is 0.508. The fourth-order valence-corrected chi connectivity index (χ4v) is 1.19. The minimum atomic E-state index is -0.433. The van der Waals surface area contributed by atoms with Crippen molar-refractivity contribution in [3.63, 3.8) is 0 Å². The zero-order chi connectivity index (χ0) is 10.3. The highest BCUT2D eigenvalue weighted by atomic mass is 16.5. The molecule has 0 saturated heterocycles. The number of ether oxygens (including phenoxy) is 1. The summed E-state index contributed by atoms with van der Waals surface area (Å²) in [5.41, 5.74) is 5.57. The predicted molar refractivity (Wildman–Crippen MR) is 53.3 cm³/mol. The molecule has 0 aromatic carbocycles. The number of rotatable bonds is 6. The van der Waals surface area contributed by atoms with Crippen molar-refractivity contribution in [3.8, 4) is 0 Å². The van der Waals surface area contributed by atoms with E-state index in [0.29, 0.717) is 0 Å². The summed E-state index contributed by atoms with van der Waals surface area (Å²) in [6, 6.07) is -0.433. The van der Waals surface area contributed by atoms with Crippen LogP contribution in [0.1, 0.15) is 39.5 Å². The van der Waals surface area contributed by atoms with Crippen LogP contribution in [0.25, 0.3) is 0 Å². The molecule has 0 fully saturated rings. The molecule has 0 aliphatic carbocycles. The van der Waals surface area contributed by atoms with E-state index in [9.17, 15) is 4.79 Å². The normalized spacial score (nSPS) is 13.0. The molecule has 0 saturated carbocycles. The first kappa shape index (κ1) is 12.4. The van der Waals surface area contributed by atoms with Crippen LogP contribution < -0.4 is 5.73 Å². The van der Waals surface area contributed by atoms with Crippen molar-refractivity contribution in [1.82, 2.24) is 0 Å². The molecular formula is C10H21NO2. The molecule has 13 heavy (non-hydrogen) atoms. The average Bonchev–Trinajstić information content (AvgIpc) is 2.10. The van der Waals surface area contributed by atoms with E-state index < -0.39 is 6.04 Å². The first-order valence-electron chi connectivity index (χ1n) is 4.91. The molecule has 0 rings (SSSR count). The molecule has 3 nitrogen and oxygen atoms in total. The fraction of sp³-hybridized carbons (Fsp3) is 0.900. The van der Waals surface area contributed by atoms with Crippen LogP contribution in [0.4, 0.5) is 0 Å². The van der Waals surface area contributed by atoms with E-state index in [1.165, 1.54) is 13.5 Å². The topological polar surface area (TPSA) is 52.3 Å². The molecule has 0 aromatic heterocycles. The van der Waals surface area contributed by atoms with Crippen molar-refractivity contribution < 1.29 is 9.53 Å². The molecule has 3 heteroatoms. The molecule has 0 aliphatic heterocycles. The van der Waals surface area contributed by atoms with Gasteiger partial charge in [-0.1, -0.05) is 33.1 Å². The summed E-state index contributed by atoms with van der Waals surface area (Å²) in [6.45, 7) is 4.39. The number of carbonyl (C=O) groups is 1. The first-order valence-corrected chi connectivity index (χ1v) is 4.91. The Bertz CT molecular complexity index is 146. The summed E-state index contributed by atoms with van der Waals surface area (Å²) in [5, 5.41) is 0. The second-order valence-corrected chi connectivity index (χ2v) is 3.81. The lowest BCUT2D eigenvalue weighted by Gasteiger charge is -2.09. The van der Waals surface area contributed by atoms with Crippen LogP contribution >= 0.6 is 0 Å². The lowest BCUT2D eigenvalue weighted by Crippen LogP contribution is -2.31. The van der Waals surface area contributed by atoms with Gasteiger partial charge in [-0.05, 0) is 12.3 Å². The van der Waals surface area contributed by atoms with E-state index in [1.54, 1.807) is 0 Å². The number of methoxy groups -OCH3 is 1. The van der Waals surface area contributed by atoms with Gasteiger partial charge in [-0.3, -0.25) is 4.79 Å². The van der Waals surface area contributed by atoms with Crippen LogP contribution in [0.15, 0.2) is 0 Å². The molecule has 0 aromatic rings. The van der Waals surface area contributed by atoms with Crippen molar-refractivity contribution in [3.05, 3.63) is 0 Å². The standard InChI is InChI=1S/C10H21NO2/c1-8(2)6-4-5-7-9(11)10(12)13-3/h8-9H,4-7,11H2,1-3H3. The smallest absolute Gasteiger partial charge is 0.322 e. The van der Waals surface area contributed by atoms with Crippen molar-refractivity contribution >= 4 is 5.97 Å². The van der Waals surface area contributed by atoms with Gasteiger partial charge >= 0.3 is 5.97 Å². The van der Waals surface area contributed by atoms with Crippen LogP contribution in [0.2, 0.25) is 0 Å². The van der Waals surface area contributed by atoms with Gasteiger partial charge < -0.3 is 10.5 Å². The van der Waals surface area contributed by atoms with E-state index in [0.717, 1.165) is 25.2 Å². The van der Waals surface area contributed by atoms with Crippen molar-refractivity contribution in [2.24, 2.45) is 11.7 Å². The Morgan fingerprint density at radius 2 is 1.85 bits per heavy atom. The van der Waals surface area contributed by atoms with Crippen molar-refractivity contribution in [2.75, 3.05) is 7.11 Å². The maximum atomic E-state index is 10.9. The van der Waals surface area contributed by atoms with Gasteiger partial charge in [0, 0.05) is 0 Å². The Balaban J connectivity index is 3.37. The molecule has 0 amide bonds. The van der Waals surface area contributed by atoms with E-state index in [2.05, 4.69) is 18.6 Å². The van der Waals surface area contributed by atoms with E-state index >= 15 is 0 Å². The second kappa shape index (κ2) is 6.89. The van der Waals surface area contributed by atoms with Gasteiger partial charge in [-0.15, -0.1) is 0 Å². The van der Waals surface area contributed by atoms with Gasteiger partial charge in [-0.25, -0.2) is 0 Å². The lowest BCUT2D eigenvalue weighted by atomic mass is 10.0. The maximum Gasteiger partial charge on any atom is 0.322 e. The number of hydrogen-bond donors (Lipinski definition) is 1. The summed E-state index contributed by atoms with van der Waals surface area (Å²) in [5.74, 6) is 0.430. The van der Waals surface area contributed by atoms with Gasteiger partial charge in [0.15, 0.2) is 0 Å². The molecule has 2 N–H and O–H groups in total. The lowest BCUT2D eigenvalue weighted by molar-refractivity contribution is -0.142. The largest absolute Gasteiger partial charge is 0.468 e. The molecule has 0 aliphatic rings. The second-order valence-electron chi connectivity index (χ2n) is 3.81. The van der Waals surface area contributed by atoms with Crippen LogP contribution in [0.3, 0.4) is 0 Å². The Labute approximate surface area is 80.6 Å². The van der Waals surface area contributed by atoms with E-state index in [-0.39, 0.29) is 5.97 Å². The number of esters is 1. The molecule has 1 atom stereocenters. The van der Waals surface area contributed by atoms with Crippen LogP contribution in [0.5, 0.6) is 0 Å². The van der Waals surface area contributed by atoms with E-state index in [1.807, 2.05) is 0 Å². The zero-order valence-corrected chi connectivity index (χ0v) is 8.88. The summed E-state index contributed by atoms with van der Waals surface area (Å²) in [7, 11) is 1.37. The molecule has 0 heterocycles. The third-order valence-corrected chi connectivity index (χ3v) is 2.05. The highest BCUT2D eigenvalue weighted by Gasteiger charge is 2.12. The van der Waals surface area contributed by atoms with Crippen LogP contribution in [-0.2, 0) is 9.53 Å². The highest BCUT2D eigenvalue weighted by molar-refractivity contribution is 5.75. The number of nitrogens with two attached hydrogens (primary N) is 1. The SMILES string of the molecule is COC(=O)C(N)CCCCC(C)C. The molecule has 0 radical (unpaired) electrons. The van der Waals surface area contributed by atoms with Crippen molar-refractivity contribution in [1.29, 1.82) is 0 Å². The summed E-state index contributed by atoms with van der Waals surface area (Å²) >= 11 is 0. The van der Waals surface area contributed by atoms with Crippen LogP contribution in [-0.4, -0.2) is 19.1 Å². The van der Waals surface area contributed by atoms with Crippen molar-refractivity contribution in [2.45, 2.75) is 45.6 Å². The highest BCUT2D eigenvalue weighted by Crippen LogP contribution is 2.09. The number of hydrogen-bond acceptors (Lipinski definition) is 3. The number of unbranched alkanes of at least 4 members (excludes halogenated alkanes) is 1.